The van der Waals surface area contributed by atoms with Crippen molar-refractivity contribution < 1.29 is 233 Å². The van der Waals surface area contributed by atoms with Crippen molar-refractivity contribution in [3.63, 3.8) is 0 Å². The Morgan fingerprint density at radius 3 is 0.750 bits per heavy atom. The first-order valence-electron chi connectivity index (χ1n) is 33.1. The van der Waals surface area contributed by atoms with Crippen molar-refractivity contribution in [3.8, 4) is 0 Å². The number of halogens is 27. The van der Waals surface area contributed by atoms with Crippen LogP contribution in [0.1, 0.15) is 98.3 Å². The molecule has 24 nitrogen and oxygen atoms in total. The fraction of sp³-hybridized carbons (Fsp3) is 0.723. The lowest BCUT2D eigenvalue weighted by molar-refractivity contribution is -0.302. The van der Waals surface area contributed by atoms with E-state index in [1.165, 1.54) is 20.8 Å². The summed E-state index contributed by atoms with van der Waals surface area (Å²) < 4.78 is 398. The van der Waals surface area contributed by atoms with E-state index in [2.05, 4.69) is 57.6 Å². The molecule has 3 rings (SSSR count). The average molecular weight is 1750 g/mol. The van der Waals surface area contributed by atoms with Gasteiger partial charge in [0.15, 0.2) is 39.6 Å². The predicted octanol–water partition coefficient (Wildman–Crippen LogP) is 12.7. The van der Waals surface area contributed by atoms with Gasteiger partial charge in [-0.1, -0.05) is 19.7 Å². The van der Waals surface area contributed by atoms with Crippen LogP contribution in [0.4, 0.5) is 119 Å². The molecule has 0 aliphatic heterocycles. The van der Waals surface area contributed by atoms with Gasteiger partial charge in [0.1, 0.15) is 39.6 Å². The Balaban J connectivity index is 0.000000879. The molecule has 0 aromatic heterocycles. The maximum atomic E-state index is 13.8. The van der Waals surface area contributed by atoms with E-state index in [0.717, 1.165) is 0 Å². The van der Waals surface area contributed by atoms with Gasteiger partial charge in [0, 0.05) is 16.7 Å². The molecule has 3 fully saturated rings. The molecule has 0 spiro atoms. The second kappa shape index (κ2) is 43.4. The number of alkyl halides is 27. The number of ether oxygens (including phenoxy) is 12. The largest absolute Gasteiger partial charge is 0.462 e. The molecule has 9 atom stereocenters. The van der Waals surface area contributed by atoms with Crippen LogP contribution in [0.3, 0.4) is 0 Å². The Bertz CT molecular complexity index is 3420. The van der Waals surface area contributed by atoms with Gasteiger partial charge in [-0.3, -0.25) is 43.2 Å². The standard InChI is InChI=1S/C25H29F11O8.C21H22F10O8.C19H22F6O8/c1-13(2)17(37)41-6-7-42-20(40)16-8-14(18(38)43-11-22(28,29)9-21(3,26)27)4-5-15(16)19(39)44-12-23(30,31)10-24(32,33)25(34,35)36;1-10(2)14(32)36-5-6-37-16(34)12-4-3-11(15(33)38-8-18(22,23)20(26,27)28)7-13(12)17(35)39-9-19(24,25)21(29,30)31;1-10(2)14(26)30-5-6-31-16(28)12-4-3-11(15(27)32-8-18(20,21)22)7-13(12)17(29)33-9-19(23,24)25/h14-16H,1,4-12H2,2-3H3;11-13H,1,3-9H2,2H3;11-13H,1,3-9H2,2H3. The summed E-state index contributed by atoms with van der Waals surface area (Å²) >= 11 is 0. The van der Waals surface area contributed by atoms with Crippen LogP contribution >= 0.6 is 0 Å². The lowest BCUT2D eigenvalue weighted by Gasteiger charge is -2.33. The highest BCUT2D eigenvalue weighted by molar-refractivity contribution is 5.89. The van der Waals surface area contributed by atoms with Gasteiger partial charge in [-0.25, -0.2) is 40.7 Å². The van der Waals surface area contributed by atoms with E-state index < -0.39 is 322 Å². The molecule has 3 aliphatic carbocycles. The lowest BCUT2D eigenvalue weighted by Crippen LogP contribution is -2.45. The van der Waals surface area contributed by atoms with E-state index >= 15 is 0 Å². The quantitative estimate of drug-likeness (QED) is 0.0187. The van der Waals surface area contributed by atoms with Crippen molar-refractivity contribution in [1.29, 1.82) is 0 Å². The lowest BCUT2D eigenvalue weighted by atomic mass is 9.74. The molecule has 116 heavy (non-hydrogen) atoms. The third-order valence-corrected chi connectivity index (χ3v) is 15.8. The van der Waals surface area contributed by atoms with Crippen LogP contribution in [0.5, 0.6) is 0 Å². The molecule has 0 aromatic carbocycles. The van der Waals surface area contributed by atoms with E-state index in [-0.39, 0.29) is 43.1 Å². The Labute approximate surface area is 637 Å². The molecule has 0 heterocycles. The third kappa shape index (κ3) is 37.5. The number of esters is 12. The fourth-order valence-electron chi connectivity index (χ4n) is 10.1. The molecule has 0 aromatic rings. The predicted molar refractivity (Wildman–Crippen MR) is 324 cm³/mol. The summed E-state index contributed by atoms with van der Waals surface area (Å²) in [5.74, 6) is -59.3. The summed E-state index contributed by atoms with van der Waals surface area (Å²) in [6.45, 7) is -1.73. The van der Waals surface area contributed by atoms with Crippen molar-refractivity contribution >= 4 is 71.6 Å². The summed E-state index contributed by atoms with van der Waals surface area (Å²) in [6, 6.07) is 0. The smallest absolute Gasteiger partial charge is 0.456 e. The van der Waals surface area contributed by atoms with E-state index in [4.69, 9.17) is 18.9 Å². The molecular weight excluding hydrogens is 1680 g/mol. The van der Waals surface area contributed by atoms with Crippen molar-refractivity contribution in [2.24, 2.45) is 53.3 Å². The molecule has 9 unspecified atom stereocenters. The first-order valence-corrected chi connectivity index (χ1v) is 33.1. The van der Waals surface area contributed by atoms with Gasteiger partial charge < -0.3 is 56.8 Å². The number of hydrogen-bond acceptors (Lipinski definition) is 24. The van der Waals surface area contributed by atoms with Crippen LogP contribution in [-0.4, -0.2) is 217 Å². The molecule has 3 saturated carbocycles. The van der Waals surface area contributed by atoms with Crippen LogP contribution in [0.2, 0.25) is 0 Å². The minimum atomic E-state index is -6.33. The van der Waals surface area contributed by atoms with Crippen LogP contribution in [-0.2, 0) is 114 Å². The Hall–Kier alpha value is -9.03. The van der Waals surface area contributed by atoms with Crippen molar-refractivity contribution in [3.05, 3.63) is 36.5 Å². The summed E-state index contributed by atoms with van der Waals surface area (Å²) in [5.41, 5.74) is 0.0633. The van der Waals surface area contributed by atoms with Crippen molar-refractivity contribution in [1.82, 2.24) is 0 Å². The highest BCUT2D eigenvalue weighted by Gasteiger charge is 2.63. The van der Waals surface area contributed by atoms with Crippen LogP contribution in [0.15, 0.2) is 36.5 Å². The highest BCUT2D eigenvalue weighted by Crippen LogP contribution is 2.46. The average Bonchev–Trinajstić information content (AvgIpc) is 0.818. The maximum Gasteiger partial charge on any atom is 0.456 e. The topological polar surface area (TPSA) is 316 Å². The van der Waals surface area contributed by atoms with Gasteiger partial charge >= 0.3 is 120 Å². The molecular formula is C65H73F27O24. The van der Waals surface area contributed by atoms with Crippen LogP contribution in [0.25, 0.3) is 0 Å². The number of carbonyl (C=O) groups is 12. The van der Waals surface area contributed by atoms with E-state index in [1.807, 2.05) is 0 Å². The monoisotopic (exact) mass is 1750 g/mol. The zero-order valence-electron chi connectivity index (χ0n) is 60.6. The van der Waals surface area contributed by atoms with E-state index in [1.54, 1.807) is 0 Å². The second-order valence-corrected chi connectivity index (χ2v) is 26.0. The third-order valence-electron chi connectivity index (χ3n) is 15.8. The van der Waals surface area contributed by atoms with Gasteiger partial charge in [-0.2, -0.15) is 92.2 Å². The summed E-state index contributed by atoms with van der Waals surface area (Å²) in [5, 5.41) is 0. The van der Waals surface area contributed by atoms with E-state index in [0.29, 0.717) is 0 Å². The van der Waals surface area contributed by atoms with Gasteiger partial charge in [0.25, 0.3) is 17.8 Å². The molecule has 0 N–H and O–H groups in total. The number of rotatable bonds is 35. The molecule has 0 radical (unpaired) electrons. The highest BCUT2D eigenvalue weighted by atomic mass is 19.4. The zero-order chi connectivity index (χ0) is 90.1. The van der Waals surface area contributed by atoms with Crippen molar-refractivity contribution in [2.45, 2.75) is 165 Å². The second-order valence-electron chi connectivity index (χ2n) is 26.0. The minimum absolute atomic E-state index is 0.00185. The number of carbonyl (C=O) groups excluding carboxylic acids is 12. The first-order chi connectivity index (χ1) is 52.5. The minimum Gasteiger partial charge on any atom is -0.462 e. The molecule has 51 heteroatoms. The molecule has 0 saturated heterocycles. The maximum absolute atomic E-state index is 13.8. The van der Waals surface area contributed by atoms with Gasteiger partial charge in [0.05, 0.1) is 66.1 Å². The fourth-order valence-corrected chi connectivity index (χ4v) is 10.1. The van der Waals surface area contributed by atoms with Crippen molar-refractivity contribution in [2.75, 3.05) is 79.3 Å². The van der Waals surface area contributed by atoms with Gasteiger partial charge in [0.2, 0.25) is 0 Å². The van der Waals surface area contributed by atoms with E-state index in [9.17, 15) is 176 Å². The van der Waals surface area contributed by atoms with Gasteiger partial charge in [-0.15, -0.1) is 0 Å². The van der Waals surface area contributed by atoms with Crippen LogP contribution < -0.4 is 0 Å². The molecule has 0 amide bonds. The Morgan fingerprint density at radius 2 is 0.483 bits per heavy atom. The Kier molecular flexibility index (Phi) is 39.3. The molecule has 0 bridgehead atoms. The first kappa shape index (κ1) is 105. The SMILES string of the molecule is C=C(C)C(=O)OCCOC(=O)C1CC(C(=O)OCC(F)(F)CC(C)(F)F)CCC1C(=O)OCC(F)(F)CC(F)(F)C(F)(F)F.C=C(C)C(=O)OCCOC(=O)C1CCC(C(=O)OCC(F)(F)C(F)(F)F)CC1C(=O)OCC(F)(F)C(F)(F)F.C=C(C)C(=O)OCCOC(=O)C1CCC(C(=O)OCC(F)(F)F)CC1C(=O)OCC(F)(F)F. The molecule has 666 valence electrons. The summed E-state index contributed by atoms with van der Waals surface area (Å²) in [4.78, 5) is 145. The normalized spacial score (nSPS) is 20.5. The Morgan fingerprint density at radius 1 is 0.267 bits per heavy atom. The van der Waals surface area contributed by atoms with Gasteiger partial charge in [-0.05, 0) is 85.5 Å². The number of hydrogen-bond donors (Lipinski definition) is 0. The summed E-state index contributed by atoms with van der Waals surface area (Å²) in [7, 11) is 0. The zero-order valence-corrected chi connectivity index (χ0v) is 60.6. The van der Waals surface area contributed by atoms with Crippen LogP contribution in [0, 0.1) is 53.3 Å². The molecule has 3 aliphatic rings. The summed E-state index contributed by atoms with van der Waals surface area (Å²) in [6.07, 6.45) is -37.8.